The van der Waals surface area contributed by atoms with Crippen LogP contribution >= 0.6 is 11.3 Å². The molecule has 1 aromatic heterocycles. The van der Waals surface area contributed by atoms with Gasteiger partial charge in [-0.05, 0) is 24.3 Å². The molecule has 0 fully saturated rings. The summed E-state index contributed by atoms with van der Waals surface area (Å²) in [4.78, 5) is 24.6. The third-order valence-corrected chi connectivity index (χ3v) is 4.63. The van der Waals surface area contributed by atoms with Crippen molar-refractivity contribution < 1.29 is 19.1 Å². The van der Waals surface area contributed by atoms with Crippen molar-refractivity contribution in [2.75, 3.05) is 19.5 Å². The van der Waals surface area contributed by atoms with Crippen LogP contribution in [0.25, 0.3) is 0 Å². The number of hydrogen-bond acceptors (Lipinski definition) is 7. The maximum absolute atomic E-state index is 12.4. The third kappa shape index (κ3) is 4.83. The average Bonchev–Trinajstić information content (AvgIpc) is 3.21. The Morgan fingerprint density at radius 3 is 2.29 bits per heavy atom. The Kier molecular flexibility index (Phi) is 6.18. The van der Waals surface area contributed by atoms with Crippen molar-refractivity contribution in [3.63, 3.8) is 0 Å². The normalized spacial score (nSPS) is 10.2. The summed E-state index contributed by atoms with van der Waals surface area (Å²) in [5.74, 6) is 0.363. The number of rotatable bonds is 7. The van der Waals surface area contributed by atoms with E-state index in [1.54, 1.807) is 30.3 Å². The van der Waals surface area contributed by atoms with E-state index in [0.29, 0.717) is 27.8 Å². The van der Waals surface area contributed by atoms with Gasteiger partial charge in [0.25, 0.3) is 11.8 Å². The van der Waals surface area contributed by atoms with E-state index in [9.17, 15) is 9.59 Å². The lowest BCUT2D eigenvalue weighted by molar-refractivity contribution is 0.0949. The van der Waals surface area contributed by atoms with Gasteiger partial charge in [-0.15, -0.1) is 10.2 Å². The van der Waals surface area contributed by atoms with E-state index in [2.05, 4.69) is 20.8 Å². The Labute approximate surface area is 165 Å². The van der Waals surface area contributed by atoms with Crippen LogP contribution in [-0.2, 0) is 6.54 Å². The maximum atomic E-state index is 12.4. The minimum absolute atomic E-state index is 0.147. The summed E-state index contributed by atoms with van der Waals surface area (Å²) in [6, 6.07) is 14.0. The minimum atomic E-state index is -0.348. The Balaban J connectivity index is 1.61. The topological polar surface area (TPSA) is 102 Å². The van der Waals surface area contributed by atoms with E-state index >= 15 is 0 Å². The number of nitrogens with zero attached hydrogens (tertiary/aromatic N) is 2. The van der Waals surface area contributed by atoms with Gasteiger partial charge in [0.1, 0.15) is 16.5 Å². The summed E-state index contributed by atoms with van der Waals surface area (Å²) in [7, 11) is 3.03. The number of aromatic nitrogens is 2. The molecule has 2 aromatic carbocycles. The van der Waals surface area contributed by atoms with Crippen molar-refractivity contribution in [2.45, 2.75) is 6.54 Å². The van der Waals surface area contributed by atoms with E-state index in [-0.39, 0.29) is 23.4 Å². The lowest BCUT2D eigenvalue weighted by Gasteiger charge is -2.08. The second-order valence-corrected chi connectivity index (χ2v) is 6.67. The van der Waals surface area contributed by atoms with Gasteiger partial charge in [0.05, 0.1) is 20.8 Å². The van der Waals surface area contributed by atoms with Crippen LogP contribution in [0.4, 0.5) is 5.69 Å². The lowest BCUT2D eigenvalue weighted by atomic mass is 10.2. The zero-order valence-corrected chi connectivity index (χ0v) is 16.1. The van der Waals surface area contributed by atoms with E-state index in [0.717, 1.165) is 11.3 Å². The number of carbonyl (C=O) groups is 2. The first-order valence-electron chi connectivity index (χ1n) is 8.29. The molecule has 9 heteroatoms. The standard InChI is InChI=1S/C19H18N4O4S/c1-26-14-8-12(9-15(10-14)27-2)17(24)20-11-16-22-23-19(28-16)18(25)21-13-6-4-3-5-7-13/h3-10H,11H2,1-2H3,(H,20,24)(H,21,25). The predicted molar refractivity (Wildman–Crippen MR) is 105 cm³/mol. The van der Waals surface area contributed by atoms with Crippen LogP contribution in [0.2, 0.25) is 0 Å². The number of anilines is 1. The molecule has 3 rings (SSSR count). The van der Waals surface area contributed by atoms with Gasteiger partial charge in [-0.2, -0.15) is 0 Å². The first-order valence-corrected chi connectivity index (χ1v) is 9.10. The lowest BCUT2D eigenvalue weighted by Crippen LogP contribution is -2.22. The fourth-order valence-corrected chi connectivity index (χ4v) is 2.99. The number of carbonyl (C=O) groups excluding carboxylic acids is 2. The average molecular weight is 398 g/mol. The second-order valence-electron chi connectivity index (χ2n) is 5.61. The largest absolute Gasteiger partial charge is 0.497 e. The summed E-state index contributed by atoms with van der Waals surface area (Å²) in [6.07, 6.45) is 0. The highest BCUT2D eigenvalue weighted by atomic mass is 32.1. The molecule has 0 saturated heterocycles. The number of nitrogens with one attached hydrogen (secondary N) is 2. The quantitative estimate of drug-likeness (QED) is 0.634. The third-order valence-electron chi connectivity index (χ3n) is 3.71. The maximum Gasteiger partial charge on any atom is 0.286 e. The first-order chi connectivity index (χ1) is 13.6. The summed E-state index contributed by atoms with van der Waals surface area (Å²) in [5.41, 5.74) is 1.06. The molecule has 0 aliphatic rings. The molecule has 144 valence electrons. The highest BCUT2D eigenvalue weighted by Crippen LogP contribution is 2.22. The van der Waals surface area contributed by atoms with Crippen LogP contribution in [0.1, 0.15) is 25.2 Å². The van der Waals surface area contributed by atoms with E-state index in [1.165, 1.54) is 14.2 Å². The number of para-hydroxylation sites is 1. The molecule has 0 bridgehead atoms. The Bertz CT molecular complexity index is 953. The van der Waals surface area contributed by atoms with Gasteiger partial charge in [0.2, 0.25) is 5.01 Å². The van der Waals surface area contributed by atoms with Crippen LogP contribution < -0.4 is 20.1 Å². The predicted octanol–water partition coefficient (Wildman–Crippen LogP) is 2.74. The fraction of sp³-hybridized carbons (Fsp3) is 0.158. The van der Waals surface area contributed by atoms with Crippen molar-refractivity contribution in [1.29, 1.82) is 0 Å². The van der Waals surface area contributed by atoms with Crippen LogP contribution in [-0.4, -0.2) is 36.2 Å². The Hall–Kier alpha value is -3.46. The number of hydrogen-bond donors (Lipinski definition) is 2. The summed E-state index contributed by atoms with van der Waals surface area (Å²) < 4.78 is 10.3. The van der Waals surface area contributed by atoms with E-state index in [4.69, 9.17) is 9.47 Å². The van der Waals surface area contributed by atoms with Gasteiger partial charge in [-0.3, -0.25) is 9.59 Å². The molecule has 28 heavy (non-hydrogen) atoms. The summed E-state index contributed by atoms with van der Waals surface area (Å²) in [6.45, 7) is 0.147. The van der Waals surface area contributed by atoms with Crippen LogP contribution in [0.5, 0.6) is 11.5 Å². The van der Waals surface area contributed by atoms with Crippen molar-refractivity contribution in [2.24, 2.45) is 0 Å². The summed E-state index contributed by atoms with van der Waals surface area (Å²) >= 11 is 1.11. The molecule has 3 aromatic rings. The molecule has 1 heterocycles. The van der Waals surface area contributed by atoms with Crippen LogP contribution in [0.3, 0.4) is 0 Å². The molecule has 0 unspecified atom stereocenters. The van der Waals surface area contributed by atoms with E-state index in [1.807, 2.05) is 18.2 Å². The van der Waals surface area contributed by atoms with E-state index < -0.39 is 0 Å². The highest BCUT2D eigenvalue weighted by Gasteiger charge is 2.15. The van der Waals surface area contributed by atoms with Crippen molar-refractivity contribution >= 4 is 28.8 Å². The molecule has 2 N–H and O–H groups in total. The van der Waals surface area contributed by atoms with Crippen molar-refractivity contribution in [1.82, 2.24) is 15.5 Å². The summed E-state index contributed by atoms with van der Waals surface area (Å²) in [5, 5.41) is 14.1. The van der Waals surface area contributed by atoms with Crippen molar-refractivity contribution in [3.05, 3.63) is 64.1 Å². The van der Waals surface area contributed by atoms with Gasteiger partial charge >= 0.3 is 0 Å². The van der Waals surface area contributed by atoms with Gasteiger partial charge in [-0.25, -0.2) is 0 Å². The zero-order chi connectivity index (χ0) is 19.9. The molecule has 0 atom stereocenters. The van der Waals surface area contributed by atoms with Gasteiger partial charge in [-0.1, -0.05) is 29.5 Å². The van der Waals surface area contributed by atoms with Gasteiger partial charge in [0.15, 0.2) is 0 Å². The van der Waals surface area contributed by atoms with Crippen molar-refractivity contribution in [3.8, 4) is 11.5 Å². The second kappa shape index (κ2) is 8.96. The van der Waals surface area contributed by atoms with Crippen LogP contribution in [0.15, 0.2) is 48.5 Å². The number of ether oxygens (including phenoxy) is 2. The SMILES string of the molecule is COc1cc(OC)cc(C(=O)NCc2nnc(C(=O)Nc3ccccc3)s2)c1. The monoisotopic (exact) mass is 398 g/mol. The molecular weight excluding hydrogens is 380 g/mol. The first kappa shape index (κ1) is 19.3. The zero-order valence-electron chi connectivity index (χ0n) is 15.3. The smallest absolute Gasteiger partial charge is 0.286 e. The molecular formula is C19H18N4O4S. The van der Waals surface area contributed by atoms with Crippen LogP contribution in [0, 0.1) is 0 Å². The fourth-order valence-electron chi connectivity index (χ4n) is 2.32. The Morgan fingerprint density at radius 2 is 1.64 bits per heavy atom. The van der Waals surface area contributed by atoms with Gasteiger partial charge < -0.3 is 20.1 Å². The molecule has 0 saturated carbocycles. The molecule has 8 nitrogen and oxygen atoms in total. The molecule has 0 radical (unpaired) electrons. The molecule has 0 aliphatic carbocycles. The molecule has 0 aliphatic heterocycles. The molecule has 0 spiro atoms. The van der Waals surface area contributed by atoms with Gasteiger partial charge in [0, 0.05) is 17.3 Å². The number of methoxy groups -OCH3 is 2. The Morgan fingerprint density at radius 1 is 0.964 bits per heavy atom. The number of amides is 2. The highest BCUT2D eigenvalue weighted by molar-refractivity contribution is 7.13. The minimum Gasteiger partial charge on any atom is -0.497 e. The number of benzene rings is 2. The molecule has 2 amide bonds.